The standard InChI is InChI=1S/C10H13NO3/c1-13-9-4-3-8(5-6-11-12)10(7-9)14-2/h3-4,6-7,12H,5H2,1-2H3. The maximum absolute atomic E-state index is 8.30. The van der Waals surface area contributed by atoms with Crippen molar-refractivity contribution < 1.29 is 14.7 Å². The number of rotatable bonds is 4. The van der Waals surface area contributed by atoms with Gasteiger partial charge >= 0.3 is 0 Å². The van der Waals surface area contributed by atoms with Crippen LogP contribution in [0.25, 0.3) is 0 Å². The van der Waals surface area contributed by atoms with Crippen molar-refractivity contribution in [2.24, 2.45) is 5.16 Å². The second kappa shape index (κ2) is 5.11. The van der Waals surface area contributed by atoms with Crippen LogP contribution >= 0.6 is 0 Å². The molecule has 0 heterocycles. The summed E-state index contributed by atoms with van der Waals surface area (Å²) in [4.78, 5) is 0. The molecule has 76 valence electrons. The largest absolute Gasteiger partial charge is 0.497 e. The molecule has 14 heavy (non-hydrogen) atoms. The van der Waals surface area contributed by atoms with Gasteiger partial charge in [0.25, 0.3) is 0 Å². The number of nitrogens with zero attached hydrogens (tertiary/aromatic N) is 1. The van der Waals surface area contributed by atoms with E-state index >= 15 is 0 Å². The van der Waals surface area contributed by atoms with Gasteiger partial charge in [0.1, 0.15) is 11.5 Å². The molecule has 0 saturated heterocycles. The normalized spacial score (nSPS) is 10.4. The van der Waals surface area contributed by atoms with Crippen LogP contribution in [0.2, 0.25) is 0 Å². The fourth-order valence-electron chi connectivity index (χ4n) is 1.16. The summed E-state index contributed by atoms with van der Waals surface area (Å²) in [5.74, 6) is 1.47. The average Bonchev–Trinajstić information content (AvgIpc) is 2.26. The Morgan fingerprint density at radius 2 is 2.14 bits per heavy atom. The molecule has 0 spiro atoms. The van der Waals surface area contributed by atoms with Gasteiger partial charge in [-0.1, -0.05) is 6.07 Å². The van der Waals surface area contributed by atoms with Crippen LogP contribution in [0.4, 0.5) is 0 Å². The molecule has 0 unspecified atom stereocenters. The van der Waals surface area contributed by atoms with Crippen molar-refractivity contribution in [2.75, 3.05) is 14.2 Å². The van der Waals surface area contributed by atoms with Crippen molar-refractivity contribution in [1.82, 2.24) is 0 Å². The molecule has 0 amide bonds. The van der Waals surface area contributed by atoms with Crippen LogP contribution in [-0.2, 0) is 6.42 Å². The molecular formula is C10H13NO3. The van der Waals surface area contributed by atoms with Crippen LogP contribution < -0.4 is 9.47 Å². The Kier molecular flexibility index (Phi) is 3.79. The highest BCUT2D eigenvalue weighted by atomic mass is 16.5. The van der Waals surface area contributed by atoms with Crippen LogP contribution in [0.5, 0.6) is 11.5 Å². The van der Waals surface area contributed by atoms with Gasteiger partial charge in [-0.3, -0.25) is 0 Å². The highest BCUT2D eigenvalue weighted by molar-refractivity contribution is 5.63. The van der Waals surface area contributed by atoms with E-state index in [1.54, 1.807) is 20.3 Å². The minimum atomic E-state index is 0.531. The van der Waals surface area contributed by atoms with E-state index in [4.69, 9.17) is 14.7 Å². The lowest BCUT2D eigenvalue weighted by atomic mass is 10.1. The molecule has 0 bridgehead atoms. The Bertz CT molecular complexity index is 323. The van der Waals surface area contributed by atoms with Crippen molar-refractivity contribution in [3.8, 4) is 11.5 Å². The molecule has 0 radical (unpaired) electrons. The number of oxime groups is 1. The Balaban J connectivity index is 2.92. The third-order valence-corrected chi connectivity index (χ3v) is 1.89. The van der Waals surface area contributed by atoms with Crippen molar-refractivity contribution >= 4 is 6.21 Å². The van der Waals surface area contributed by atoms with E-state index in [1.165, 1.54) is 6.21 Å². The van der Waals surface area contributed by atoms with Gasteiger partial charge in [-0.2, -0.15) is 0 Å². The molecule has 1 N–H and O–H groups in total. The lowest BCUT2D eigenvalue weighted by molar-refractivity contribution is 0.320. The maximum atomic E-state index is 8.30. The first kappa shape index (κ1) is 10.4. The number of hydrogen-bond donors (Lipinski definition) is 1. The molecule has 0 aliphatic heterocycles. The van der Waals surface area contributed by atoms with Crippen molar-refractivity contribution in [3.05, 3.63) is 23.8 Å². The maximum Gasteiger partial charge on any atom is 0.126 e. The van der Waals surface area contributed by atoms with Crippen molar-refractivity contribution in [1.29, 1.82) is 0 Å². The second-order valence-corrected chi connectivity index (χ2v) is 2.68. The van der Waals surface area contributed by atoms with E-state index < -0.39 is 0 Å². The molecular weight excluding hydrogens is 182 g/mol. The zero-order valence-corrected chi connectivity index (χ0v) is 8.23. The molecule has 0 aliphatic carbocycles. The third-order valence-electron chi connectivity index (χ3n) is 1.89. The first-order valence-electron chi connectivity index (χ1n) is 4.18. The molecule has 0 atom stereocenters. The summed E-state index contributed by atoms with van der Waals surface area (Å²) >= 11 is 0. The van der Waals surface area contributed by atoms with Crippen LogP contribution in [-0.4, -0.2) is 25.6 Å². The van der Waals surface area contributed by atoms with Crippen LogP contribution in [0.15, 0.2) is 23.4 Å². The quantitative estimate of drug-likeness (QED) is 0.452. The minimum absolute atomic E-state index is 0.531. The first-order valence-corrected chi connectivity index (χ1v) is 4.18. The lowest BCUT2D eigenvalue weighted by Crippen LogP contribution is -1.94. The van der Waals surface area contributed by atoms with E-state index in [9.17, 15) is 0 Å². The molecule has 1 rings (SSSR count). The number of ether oxygens (including phenoxy) is 2. The van der Waals surface area contributed by atoms with Crippen LogP contribution in [0.3, 0.4) is 0 Å². The SMILES string of the molecule is COc1ccc(CC=NO)c(OC)c1. The summed E-state index contributed by atoms with van der Waals surface area (Å²) in [6.45, 7) is 0. The van der Waals surface area contributed by atoms with Gasteiger partial charge in [-0.05, 0) is 11.6 Å². The zero-order chi connectivity index (χ0) is 10.4. The van der Waals surface area contributed by atoms with Crippen LogP contribution in [0.1, 0.15) is 5.56 Å². The fraction of sp³-hybridized carbons (Fsp3) is 0.300. The van der Waals surface area contributed by atoms with E-state index in [0.29, 0.717) is 6.42 Å². The predicted molar refractivity (Wildman–Crippen MR) is 53.5 cm³/mol. The molecule has 0 aromatic heterocycles. The summed E-state index contributed by atoms with van der Waals surface area (Å²) in [7, 11) is 3.19. The summed E-state index contributed by atoms with van der Waals surface area (Å²) in [6.07, 6.45) is 1.94. The monoisotopic (exact) mass is 195 g/mol. The van der Waals surface area contributed by atoms with Gasteiger partial charge < -0.3 is 14.7 Å². The zero-order valence-electron chi connectivity index (χ0n) is 8.23. The highest BCUT2D eigenvalue weighted by Crippen LogP contribution is 2.24. The van der Waals surface area contributed by atoms with Gasteiger partial charge in [0.2, 0.25) is 0 Å². The second-order valence-electron chi connectivity index (χ2n) is 2.68. The first-order chi connectivity index (χ1) is 6.81. The van der Waals surface area contributed by atoms with E-state index in [2.05, 4.69) is 5.16 Å². The van der Waals surface area contributed by atoms with Crippen molar-refractivity contribution in [3.63, 3.8) is 0 Å². The fourth-order valence-corrected chi connectivity index (χ4v) is 1.16. The predicted octanol–water partition coefficient (Wildman–Crippen LogP) is 1.71. The van der Waals surface area contributed by atoms with Gasteiger partial charge in [0, 0.05) is 18.7 Å². The molecule has 4 nitrogen and oxygen atoms in total. The number of hydrogen-bond acceptors (Lipinski definition) is 4. The van der Waals surface area contributed by atoms with Crippen molar-refractivity contribution in [2.45, 2.75) is 6.42 Å². The van der Waals surface area contributed by atoms with Gasteiger partial charge in [0.15, 0.2) is 0 Å². The van der Waals surface area contributed by atoms with E-state index in [-0.39, 0.29) is 0 Å². The van der Waals surface area contributed by atoms with E-state index in [1.807, 2.05) is 12.1 Å². The molecule has 0 saturated carbocycles. The average molecular weight is 195 g/mol. The molecule has 1 aromatic carbocycles. The summed E-state index contributed by atoms with van der Waals surface area (Å²) in [5.41, 5.74) is 0.950. The Morgan fingerprint density at radius 1 is 1.36 bits per heavy atom. The molecule has 0 aliphatic rings. The smallest absolute Gasteiger partial charge is 0.126 e. The topological polar surface area (TPSA) is 51.0 Å². The molecule has 4 heteroatoms. The summed E-state index contributed by atoms with van der Waals surface area (Å²) in [6, 6.07) is 5.50. The Morgan fingerprint density at radius 3 is 2.71 bits per heavy atom. The van der Waals surface area contributed by atoms with Gasteiger partial charge in [0.05, 0.1) is 14.2 Å². The summed E-state index contributed by atoms with van der Waals surface area (Å²) in [5, 5.41) is 11.2. The lowest BCUT2D eigenvalue weighted by Gasteiger charge is -2.07. The third kappa shape index (κ3) is 2.39. The number of methoxy groups -OCH3 is 2. The van der Waals surface area contributed by atoms with E-state index in [0.717, 1.165) is 17.1 Å². The van der Waals surface area contributed by atoms with Crippen LogP contribution in [0, 0.1) is 0 Å². The Hall–Kier alpha value is -1.71. The number of benzene rings is 1. The highest BCUT2D eigenvalue weighted by Gasteiger charge is 2.03. The molecule has 0 fully saturated rings. The van der Waals surface area contributed by atoms with Gasteiger partial charge in [-0.15, -0.1) is 5.16 Å². The minimum Gasteiger partial charge on any atom is -0.497 e. The Labute approximate surface area is 82.8 Å². The molecule has 1 aromatic rings. The summed E-state index contributed by atoms with van der Waals surface area (Å²) < 4.78 is 10.2. The van der Waals surface area contributed by atoms with Gasteiger partial charge in [-0.25, -0.2) is 0 Å².